The number of primary amides is 1. The number of hydrogen-bond donors (Lipinski definition) is 1. The van der Waals surface area contributed by atoms with E-state index in [1.54, 1.807) is 12.1 Å². The highest BCUT2D eigenvalue weighted by Crippen LogP contribution is 2.42. The molecule has 2 rings (SSSR count). The minimum atomic E-state index is -0.653. The van der Waals surface area contributed by atoms with Crippen molar-refractivity contribution in [3.05, 3.63) is 34.9 Å². The molecule has 1 saturated carbocycles. The molecule has 0 radical (unpaired) electrons. The number of hydrogen-bond acceptors (Lipinski definition) is 3. The molecule has 5 heteroatoms. The molecule has 1 aliphatic carbocycles. The molecule has 1 fully saturated rings. The van der Waals surface area contributed by atoms with E-state index in [0.717, 1.165) is 31.2 Å². The van der Waals surface area contributed by atoms with Gasteiger partial charge in [0, 0.05) is 5.02 Å². The number of halogens is 1. The lowest BCUT2D eigenvalue weighted by Crippen LogP contribution is -2.36. The highest BCUT2D eigenvalue weighted by molar-refractivity contribution is 6.30. The lowest BCUT2D eigenvalue weighted by Gasteiger charge is -2.27. The molecular weight excluding hydrogens is 266 g/mol. The first-order chi connectivity index (χ1) is 9.04. The number of rotatable bonds is 4. The smallest absolute Gasteiger partial charge is 0.317 e. The molecule has 0 aromatic heterocycles. The van der Waals surface area contributed by atoms with Crippen LogP contribution >= 0.6 is 11.6 Å². The predicted molar refractivity (Wildman–Crippen MR) is 71.8 cm³/mol. The molecule has 0 bridgehead atoms. The molecule has 1 aliphatic rings. The summed E-state index contributed by atoms with van der Waals surface area (Å²) in [5.74, 6) is -1.01. The summed E-state index contributed by atoms with van der Waals surface area (Å²) in [6, 6.07) is 7.22. The van der Waals surface area contributed by atoms with E-state index < -0.39 is 11.3 Å². The summed E-state index contributed by atoms with van der Waals surface area (Å²) in [5, 5.41) is 0.627. The van der Waals surface area contributed by atoms with Gasteiger partial charge in [0.2, 0.25) is 0 Å². The van der Waals surface area contributed by atoms with Crippen LogP contribution in [0.15, 0.2) is 24.3 Å². The number of nitrogens with two attached hydrogens (primary N) is 1. The first kappa shape index (κ1) is 13.9. The Kier molecular flexibility index (Phi) is 4.10. The van der Waals surface area contributed by atoms with Crippen LogP contribution in [-0.4, -0.2) is 18.5 Å². The Morgan fingerprint density at radius 2 is 1.79 bits per heavy atom. The van der Waals surface area contributed by atoms with E-state index in [1.807, 2.05) is 12.1 Å². The number of amides is 1. The first-order valence-electron chi connectivity index (χ1n) is 6.26. The average Bonchev–Trinajstić information content (AvgIpc) is 2.87. The van der Waals surface area contributed by atoms with E-state index in [0.29, 0.717) is 5.02 Å². The standard InChI is InChI=1S/C14H16ClNO3/c15-11-5-3-10(4-6-11)14(7-1-2-8-14)13(18)19-9-12(16)17/h3-6H,1-2,7-9H2,(H2,16,17). The van der Waals surface area contributed by atoms with Gasteiger partial charge < -0.3 is 10.5 Å². The third kappa shape index (κ3) is 2.89. The maximum absolute atomic E-state index is 12.3. The van der Waals surface area contributed by atoms with Crippen molar-refractivity contribution in [2.45, 2.75) is 31.1 Å². The monoisotopic (exact) mass is 281 g/mol. The lowest BCUT2D eigenvalue weighted by atomic mass is 9.79. The van der Waals surface area contributed by atoms with Crippen LogP contribution in [0.1, 0.15) is 31.2 Å². The molecule has 102 valence electrons. The molecule has 19 heavy (non-hydrogen) atoms. The van der Waals surface area contributed by atoms with E-state index in [9.17, 15) is 9.59 Å². The molecule has 0 spiro atoms. The van der Waals surface area contributed by atoms with Crippen molar-refractivity contribution in [1.82, 2.24) is 0 Å². The van der Waals surface area contributed by atoms with Crippen LogP contribution < -0.4 is 5.73 Å². The zero-order valence-electron chi connectivity index (χ0n) is 10.5. The Balaban J connectivity index is 2.24. The van der Waals surface area contributed by atoms with E-state index >= 15 is 0 Å². The molecule has 0 heterocycles. The third-order valence-electron chi connectivity index (χ3n) is 3.59. The molecule has 1 aromatic rings. The Hall–Kier alpha value is -1.55. The van der Waals surface area contributed by atoms with Crippen LogP contribution in [0.25, 0.3) is 0 Å². The Morgan fingerprint density at radius 1 is 1.21 bits per heavy atom. The van der Waals surface area contributed by atoms with Crippen molar-refractivity contribution in [3.8, 4) is 0 Å². The van der Waals surface area contributed by atoms with Crippen LogP contribution in [-0.2, 0) is 19.7 Å². The summed E-state index contributed by atoms with van der Waals surface area (Å²) in [6.45, 7) is -0.367. The van der Waals surface area contributed by atoms with Gasteiger partial charge in [-0.2, -0.15) is 0 Å². The normalized spacial score (nSPS) is 17.1. The highest BCUT2D eigenvalue weighted by atomic mass is 35.5. The fourth-order valence-electron chi connectivity index (χ4n) is 2.63. The maximum atomic E-state index is 12.3. The molecule has 0 atom stereocenters. The Bertz CT molecular complexity index is 478. The van der Waals surface area contributed by atoms with Crippen LogP contribution in [0.3, 0.4) is 0 Å². The number of ether oxygens (including phenoxy) is 1. The minimum Gasteiger partial charge on any atom is -0.455 e. The summed E-state index contributed by atoms with van der Waals surface area (Å²) in [7, 11) is 0. The molecule has 2 N–H and O–H groups in total. The largest absolute Gasteiger partial charge is 0.455 e. The second-order valence-corrected chi connectivity index (χ2v) is 5.27. The first-order valence-corrected chi connectivity index (χ1v) is 6.64. The van der Waals surface area contributed by atoms with E-state index in [1.165, 1.54) is 0 Å². The number of carbonyl (C=O) groups is 2. The van der Waals surface area contributed by atoms with Crippen molar-refractivity contribution in [3.63, 3.8) is 0 Å². The van der Waals surface area contributed by atoms with Crippen molar-refractivity contribution < 1.29 is 14.3 Å². The summed E-state index contributed by atoms with van der Waals surface area (Å²) >= 11 is 5.87. The van der Waals surface area contributed by atoms with E-state index in [4.69, 9.17) is 22.1 Å². The Labute approximate surface area is 116 Å². The lowest BCUT2D eigenvalue weighted by molar-refractivity contribution is -0.153. The van der Waals surface area contributed by atoms with E-state index in [2.05, 4.69) is 0 Å². The molecular formula is C14H16ClNO3. The molecule has 0 unspecified atom stereocenters. The van der Waals surface area contributed by atoms with E-state index in [-0.39, 0.29) is 12.6 Å². The van der Waals surface area contributed by atoms with Crippen LogP contribution in [0.5, 0.6) is 0 Å². The summed E-state index contributed by atoms with van der Waals surface area (Å²) < 4.78 is 5.03. The summed E-state index contributed by atoms with van der Waals surface area (Å²) in [4.78, 5) is 23.0. The van der Waals surface area contributed by atoms with Gasteiger partial charge in [0.15, 0.2) is 6.61 Å². The fraction of sp³-hybridized carbons (Fsp3) is 0.429. The van der Waals surface area contributed by atoms with Gasteiger partial charge in [-0.05, 0) is 30.5 Å². The SMILES string of the molecule is NC(=O)COC(=O)C1(c2ccc(Cl)cc2)CCCC1. The summed E-state index contributed by atoms with van der Waals surface area (Å²) in [6.07, 6.45) is 3.39. The average molecular weight is 282 g/mol. The van der Waals surface area contributed by atoms with Gasteiger partial charge in [0.1, 0.15) is 0 Å². The molecule has 0 aliphatic heterocycles. The van der Waals surface area contributed by atoms with Crippen molar-refractivity contribution in [2.75, 3.05) is 6.61 Å². The van der Waals surface area contributed by atoms with Gasteiger partial charge in [-0.15, -0.1) is 0 Å². The fourth-order valence-corrected chi connectivity index (χ4v) is 2.76. The van der Waals surface area contributed by atoms with Crippen LogP contribution in [0.2, 0.25) is 5.02 Å². The van der Waals surface area contributed by atoms with Gasteiger partial charge in [-0.1, -0.05) is 36.6 Å². The second kappa shape index (κ2) is 5.61. The zero-order valence-corrected chi connectivity index (χ0v) is 11.3. The van der Waals surface area contributed by atoms with Gasteiger partial charge in [0.25, 0.3) is 5.91 Å². The molecule has 1 aromatic carbocycles. The minimum absolute atomic E-state index is 0.367. The van der Waals surface area contributed by atoms with Crippen LogP contribution in [0.4, 0.5) is 0 Å². The quantitative estimate of drug-likeness (QED) is 0.860. The van der Waals surface area contributed by atoms with Gasteiger partial charge in [-0.25, -0.2) is 0 Å². The molecule has 1 amide bonds. The predicted octanol–water partition coefficient (Wildman–Crippen LogP) is 2.18. The molecule has 4 nitrogen and oxygen atoms in total. The number of carbonyl (C=O) groups excluding carboxylic acids is 2. The summed E-state index contributed by atoms with van der Waals surface area (Å²) in [5.41, 5.74) is 5.25. The number of esters is 1. The highest BCUT2D eigenvalue weighted by Gasteiger charge is 2.44. The van der Waals surface area contributed by atoms with Crippen LogP contribution in [0, 0.1) is 0 Å². The van der Waals surface area contributed by atoms with Crippen molar-refractivity contribution in [1.29, 1.82) is 0 Å². The zero-order chi connectivity index (χ0) is 13.9. The second-order valence-electron chi connectivity index (χ2n) is 4.84. The topological polar surface area (TPSA) is 69.4 Å². The van der Waals surface area contributed by atoms with Gasteiger partial charge in [-0.3, -0.25) is 9.59 Å². The van der Waals surface area contributed by atoms with Crippen molar-refractivity contribution >= 4 is 23.5 Å². The maximum Gasteiger partial charge on any atom is 0.317 e. The molecule has 0 saturated heterocycles. The third-order valence-corrected chi connectivity index (χ3v) is 3.84. The van der Waals surface area contributed by atoms with Crippen molar-refractivity contribution in [2.24, 2.45) is 5.73 Å². The Morgan fingerprint density at radius 3 is 2.32 bits per heavy atom. The number of benzene rings is 1. The van der Waals surface area contributed by atoms with Gasteiger partial charge >= 0.3 is 5.97 Å². The van der Waals surface area contributed by atoms with Gasteiger partial charge in [0.05, 0.1) is 5.41 Å².